The minimum atomic E-state index is -0.945. The summed E-state index contributed by atoms with van der Waals surface area (Å²) in [6, 6.07) is 7.72. The Hall–Kier alpha value is -1.81. The summed E-state index contributed by atoms with van der Waals surface area (Å²) in [7, 11) is 0. The van der Waals surface area contributed by atoms with Gasteiger partial charge in [-0.05, 0) is 49.6 Å². The van der Waals surface area contributed by atoms with Crippen LogP contribution in [0.2, 0.25) is 0 Å². The predicted molar refractivity (Wildman–Crippen MR) is 81.4 cm³/mol. The molecule has 0 bridgehead atoms. The van der Waals surface area contributed by atoms with Crippen molar-refractivity contribution >= 4 is 17.7 Å². The second-order valence-electron chi connectivity index (χ2n) is 4.86. The van der Waals surface area contributed by atoms with E-state index in [1.54, 1.807) is 23.9 Å². The zero-order valence-electron chi connectivity index (χ0n) is 11.8. The molecule has 1 heterocycles. The summed E-state index contributed by atoms with van der Waals surface area (Å²) in [6.45, 7) is 6.34. The molecular formula is C16H17NO2S. The number of carboxylic acid groups (broad SMARTS) is 1. The molecule has 1 aromatic carbocycles. The maximum absolute atomic E-state index is 10.8. The third-order valence-corrected chi connectivity index (χ3v) is 4.16. The fourth-order valence-corrected chi connectivity index (χ4v) is 3.21. The Morgan fingerprint density at radius 3 is 2.35 bits per heavy atom. The van der Waals surface area contributed by atoms with Crippen LogP contribution < -0.4 is 0 Å². The SMILES string of the molecule is Cc1cc(C)c(CSc2ccc(C(=O)O)cn2)c(C)c1. The summed E-state index contributed by atoms with van der Waals surface area (Å²) >= 11 is 1.62. The number of hydrogen-bond acceptors (Lipinski definition) is 3. The molecule has 0 atom stereocenters. The number of carboxylic acids is 1. The van der Waals surface area contributed by atoms with E-state index in [1.807, 2.05) is 0 Å². The lowest BCUT2D eigenvalue weighted by Crippen LogP contribution is -1.97. The van der Waals surface area contributed by atoms with Gasteiger partial charge in [-0.3, -0.25) is 0 Å². The summed E-state index contributed by atoms with van der Waals surface area (Å²) < 4.78 is 0. The molecule has 0 aliphatic heterocycles. The van der Waals surface area contributed by atoms with E-state index < -0.39 is 5.97 Å². The van der Waals surface area contributed by atoms with Crippen molar-refractivity contribution in [3.8, 4) is 0 Å². The Kier molecular flexibility index (Phi) is 4.45. The van der Waals surface area contributed by atoms with Crippen LogP contribution in [0.4, 0.5) is 0 Å². The number of rotatable bonds is 4. The van der Waals surface area contributed by atoms with Crippen molar-refractivity contribution in [3.05, 3.63) is 58.3 Å². The van der Waals surface area contributed by atoms with Crippen molar-refractivity contribution in [2.75, 3.05) is 0 Å². The van der Waals surface area contributed by atoms with Gasteiger partial charge >= 0.3 is 5.97 Å². The molecular weight excluding hydrogens is 270 g/mol. The highest BCUT2D eigenvalue weighted by Gasteiger charge is 2.07. The molecule has 0 amide bonds. The van der Waals surface area contributed by atoms with Crippen LogP contribution in [0.25, 0.3) is 0 Å². The summed E-state index contributed by atoms with van der Waals surface area (Å²) in [5.74, 6) is -0.101. The average Bonchev–Trinajstić information content (AvgIpc) is 2.38. The molecule has 0 aliphatic carbocycles. The summed E-state index contributed by atoms with van der Waals surface area (Å²) in [4.78, 5) is 14.9. The molecule has 2 rings (SSSR count). The Morgan fingerprint density at radius 2 is 1.85 bits per heavy atom. The molecule has 4 heteroatoms. The lowest BCUT2D eigenvalue weighted by atomic mass is 10.0. The normalized spacial score (nSPS) is 10.6. The van der Waals surface area contributed by atoms with E-state index in [2.05, 4.69) is 37.9 Å². The standard InChI is InChI=1S/C16H17NO2S/c1-10-6-11(2)14(12(3)7-10)9-20-15-5-4-13(8-17-15)16(18)19/h4-8H,9H2,1-3H3,(H,18,19). The molecule has 0 fully saturated rings. The van der Waals surface area contributed by atoms with Gasteiger partial charge < -0.3 is 5.11 Å². The number of hydrogen-bond donors (Lipinski definition) is 1. The third kappa shape index (κ3) is 3.39. The Balaban J connectivity index is 2.11. The van der Waals surface area contributed by atoms with Crippen molar-refractivity contribution in [3.63, 3.8) is 0 Å². The van der Waals surface area contributed by atoms with Crippen molar-refractivity contribution < 1.29 is 9.90 Å². The molecule has 0 aliphatic rings. The van der Waals surface area contributed by atoms with Gasteiger partial charge in [-0.1, -0.05) is 17.7 Å². The highest BCUT2D eigenvalue weighted by Crippen LogP contribution is 2.26. The molecule has 3 nitrogen and oxygen atoms in total. The maximum atomic E-state index is 10.8. The van der Waals surface area contributed by atoms with E-state index in [0.717, 1.165) is 10.8 Å². The zero-order valence-corrected chi connectivity index (χ0v) is 12.6. The fraction of sp³-hybridized carbons (Fsp3) is 0.250. The third-order valence-electron chi connectivity index (χ3n) is 3.19. The topological polar surface area (TPSA) is 50.2 Å². The molecule has 0 spiro atoms. The smallest absolute Gasteiger partial charge is 0.337 e. The second kappa shape index (κ2) is 6.09. The molecule has 1 aromatic heterocycles. The molecule has 20 heavy (non-hydrogen) atoms. The van der Waals surface area contributed by atoms with E-state index >= 15 is 0 Å². The van der Waals surface area contributed by atoms with Crippen LogP contribution in [0.3, 0.4) is 0 Å². The van der Waals surface area contributed by atoms with Gasteiger partial charge in [0.2, 0.25) is 0 Å². The molecule has 0 saturated heterocycles. The maximum Gasteiger partial charge on any atom is 0.337 e. The number of aromatic carboxylic acids is 1. The number of carbonyl (C=O) groups is 1. The van der Waals surface area contributed by atoms with E-state index in [4.69, 9.17) is 5.11 Å². The second-order valence-corrected chi connectivity index (χ2v) is 5.85. The first kappa shape index (κ1) is 14.6. The van der Waals surface area contributed by atoms with Gasteiger partial charge in [0, 0.05) is 11.9 Å². The van der Waals surface area contributed by atoms with Gasteiger partial charge in [-0.2, -0.15) is 0 Å². The lowest BCUT2D eigenvalue weighted by Gasteiger charge is -2.10. The predicted octanol–water partition coefficient (Wildman–Crippen LogP) is 4.00. The highest BCUT2D eigenvalue weighted by atomic mass is 32.2. The Bertz CT molecular complexity index is 612. The number of aromatic nitrogens is 1. The number of benzene rings is 1. The Morgan fingerprint density at radius 1 is 1.20 bits per heavy atom. The van der Waals surface area contributed by atoms with Crippen molar-refractivity contribution in [2.24, 2.45) is 0 Å². The minimum Gasteiger partial charge on any atom is -0.478 e. The quantitative estimate of drug-likeness (QED) is 0.864. The van der Waals surface area contributed by atoms with Crippen LogP contribution >= 0.6 is 11.8 Å². The monoisotopic (exact) mass is 287 g/mol. The van der Waals surface area contributed by atoms with Crippen LogP contribution in [0.1, 0.15) is 32.6 Å². The van der Waals surface area contributed by atoms with Crippen LogP contribution in [0.5, 0.6) is 0 Å². The Labute approximate surface area is 123 Å². The van der Waals surface area contributed by atoms with Crippen molar-refractivity contribution in [1.29, 1.82) is 0 Å². The van der Waals surface area contributed by atoms with Crippen molar-refractivity contribution in [2.45, 2.75) is 31.6 Å². The zero-order chi connectivity index (χ0) is 14.7. The summed E-state index contributed by atoms with van der Waals surface area (Å²) in [5, 5.41) is 9.68. The largest absolute Gasteiger partial charge is 0.478 e. The minimum absolute atomic E-state index is 0.219. The van der Waals surface area contributed by atoms with Crippen LogP contribution in [0, 0.1) is 20.8 Å². The molecule has 1 N–H and O–H groups in total. The van der Waals surface area contributed by atoms with E-state index in [9.17, 15) is 4.79 Å². The first-order valence-electron chi connectivity index (χ1n) is 6.36. The molecule has 0 unspecified atom stereocenters. The average molecular weight is 287 g/mol. The van der Waals surface area contributed by atoms with Gasteiger partial charge in [0.05, 0.1) is 10.6 Å². The van der Waals surface area contributed by atoms with Gasteiger partial charge in [0.25, 0.3) is 0 Å². The first-order chi connectivity index (χ1) is 9.47. The summed E-state index contributed by atoms with van der Waals surface area (Å²) in [6.07, 6.45) is 1.40. The van der Waals surface area contributed by atoms with Crippen LogP contribution in [-0.2, 0) is 5.75 Å². The van der Waals surface area contributed by atoms with Gasteiger partial charge in [-0.25, -0.2) is 9.78 Å². The molecule has 2 aromatic rings. The van der Waals surface area contributed by atoms with Gasteiger partial charge in [-0.15, -0.1) is 11.8 Å². The number of nitrogens with zero attached hydrogens (tertiary/aromatic N) is 1. The number of thioether (sulfide) groups is 1. The van der Waals surface area contributed by atoms with E-state index in [0.29, 0.717) is 0 Å². The van der Waals surface area contributed by atoms with Crippen LogP contribution in [-0.4, -0.2) is 16.1 Å². The summed E-state index contributed by atoms with van der Waals surface area (Å²) in [5.41, 5.74) is 5.40. The van der Waals surface area contributed by atoms with Crippen LogP contribution in [0.15, 0.2) is 35.5 Å². The first-order valence-corrected chi connectivity index (χ1v) is 7.35. The van der Waals surface area contributed by atoms with E-state index in [1.165, 1.54) is 28.5 Å². The number of aryl methyl sites for hydroxylation is 3. The van der Waals surface area contributed by atoms with Gasteiger partial charge in [0.1, 0.15) is 0 Å². The fourth-order valence-electron chi connectivity index (χ4n) is 2.18. The lowest BCUT2D eigenvalue weighted by molar-refractivity contribution is 0.0696. The number of pyridine rings is 1. The van der Waals surface area contributed by atoms with Crippen molar-refractivity contribution in [1.82, 2.24) is 4.98 Å². The molecule has 104 valence electrons. The van der Waals surface area contributed by atoms with E-state index in [-0.39, 0.29) is 5.56 Å². The molecule has 0 radical (unpaired) electrons. The molecule has 0 saturated carbocycles. The highest BCUT2D eigenvalue weighted by molar-refractivity contribution is 7.98. The van der Waals surface area contributed by atoms with Gasteiger partial charge in [0.15, 0.2) is 0 Å².